The summed E-state index contributed by atoms with van der Waals surface area (Å²) in [6.07, 6.45) is 0. The average Bonchev–Trinajstić information content (AvgIpc) is 1.90. The monoisotopic (exact) mass is 132 g/mol. The molecule has 4 heteroatoms. The van der Waals surface area contributed by atoms with Gasteiger partial charge in [-0.15, -0.1) is 16.7 Å². The molecule has 1 atom stereocenters. The van der Waals surface area contributed by atoms with Gasteiger partial charge in [-0.25, -0.2) is 0 Å². The summed E-state index contributed by atoms with van der Waals surface area (Å²) in [5, 5.41) is 5.93. The summed E-state index contributed by atoms with van der Waals surface area (Å²) in [6.45, 7) is 1.75. The molecule has 0 aliphatic carbocycles. The van der Waals surface area contributed by atoms with Crippen LogP contribution in [0.15, 0.2) is 5.18 Å². The van der Waals surface area contributed by atoms with Gasteiger partial charge in [0.1, 0.15) is 5.37 Å². The average molecular weight is 132 g/mol. The SMILES string of the molecule is O=NC1CNCCS1. The lowest BCUT2D eigenvalue weighted by Crippen LogP contribution is -2.31. The Morgan fingerprint density at radius 3 is 3.00 bits per heavy atom. The number of rotatable bonds is 1. The first kappa shape index (κ1) is 6.04. The van der Waals surface area contributed by atoms with E-state index in [1.54, 1.807) is 11.8 Å². The lowest BCUT2D eigenvalue weighted by atomic mass is 10.6. The molecule has 0 aromatic rings. The summed E-state index contributed by atoms with van der Waals surface area (Å²) in [4.78, 5) is 9.85. The van der Waals surface area contributed by atoms with E-state index in [-0.39, 0.29) is 5.37 Å². The summed E-state index contributed by atoms with van der Waals surface area (Å²) in [6, 6.07) is 0. The molecule has 1 heterocycles. The highest BCUT2D eigenvalue weighted by Gasteiger charge is 2.11. The fourth-order valence-corrected chi connectivity index (χ4v) is 1.45. The Labute approximate surface area is 52.2 Å². The standard InChI is InChI=1S/C4H8N2OS/c7-6-4-3-5-1-2-8-4/h4-5H,1-3H2. The molecular weight excluding hydrogens is 124 g/mol. The quantitative estimate of drug-likeness (QED) is 0.525. The molecule has 3 nitrogen and oxygen atoms in total. The maximum atomic E-state index is 9.85. The molecule has 46 valence electrons. The summed E-state index contributed by atoms with van der Waals surface area (Å²) >= 11 is 1.62. The lowest BCUT2D eigenvalue weighted by Gasteiger charge is -2.14. The highest BCUT2D eigenvalue weighted by molar-refractivity contribution is 7.99. The predicted molar refractivity (Wildman–Crippen MR) is 34.9 cm³/mol. The van der Waals surface area contributed by atoms with Crippen LogP contribution in [0, 0.1) is 4.91 Å². The van der Waals surface area contributed by atoms with Crippen molar-refractivity contribution in [1.29, 1.82) is 0 Å². The number of nitrogens with zero attached hydrogens (tertiary/aromatic N) is 1. The molecule has 1 aliphatic rings. The van der Waals surface area contributed by atoms with Crippen LogP contribution in [0.4, 0.5) is 0 Å². The molecule has 1 unspecified atom stereocenters. The second-order valence-electron chi connectivity index (χ2n) is 1.63. The minimum atomic E-state index is -0.0382. The van der Waals surface area contributed by atoms with Crippen LogP contribution in [-0.2, 0) is 0 Å². The Hall–Kier alpha value is -0.0900. The molecule has 1 rings (SSSR count). The molecule has 1 N–H and O–H groups in total. The second kappa shape index (κ2) is 3.04. The minimum absolute atomic E-state index is 0.0382. The second-order valence-corrected chi connectivity index (χ2v) is 2.92. The van der Waals surface area contributed by atoms with Gasteiger partial charge in [0.15, 0.2) is 0 Å². The summed E-state index contributed by atoms with van der Waals surface area (Å²) in [7, 11) is 0. The van der Waals surface area contributed by atoms with Crippen LogP contribution >= 0.6 is 11.8 Å². The Bertz CT molecular complexity index is 82.1. The smallest absolute Gasteiger partial charge is 0.150 e. The molecule has 1 aliphatic heterocycles. The molecule has 0 aromatic carbocycles. The van der Waals surface area contributed by atoms with E-state index < -0.39 is 0 Å². The Balaban J connectivity index is 2.22. The Morgan fingerprint density at radius 1 is 1.75 bits per heavy atom. The molecule has 8 heavy (non-hydrogen) atoms. The molecular formula is C4H8N2OS. The molecule has 0 amide bonds. The predicted octanol–water partition coefficient (Wildman–Crippen LogP) is 0.415. The van der Waals surface area contributed by atoms with Gasteiger partial charge in [0.25, 0.3) is 0 Å². The summed E-state index contributed by atoms with van der Waals surface area (Å²) in [5.41, 5.74) is 0. The van der Waals surface area contributed by atoms with E-state index in [0.29, 0.717) is 0 Å². The number of hydrogen-bond acceptors (Lipinski definition) is 4. The topological polar surface area (TPSA) is 41.5 Å². The number of thioether (sulfide) groups is 1. The first-order chi connectivity index (χ1) is 3.93. The number of hydrogen-bond donors (Lipinski definition) is 1. The van der Waals surface area contributed by atoms with Gasteiger partial charge in [-0.3, -0.25) is 0 Å². The summed E-state index contributed by atoms with van der Waals surface area (Å²) in [5.74, 6) is 1.01. The number of nitrogens with one attached hydrogen (secondary N) is 1. The minimum Gasteiger partial charge on any atom is -0.313 e. The van der Waals surface area contributed by atoms with Gasteiger partial charge in [-0.2, -0.15) is 0 Å². The van der Waals surface area contributed by atoms with Crippen molar-refractivity contribution in [3.05, 3.63) is 4.91 Å². The van der Waals surface area contributed by atoms with Crippen LogP contribution in [0.5, 0.6) is 0 Å². The molecule has 1 saturated heterocycles. The normalized spacial score (nSPS) is 29.8. The van der Waals surface area contributed by atoms with Crippen molar-refractivity contribution in [2.75, 3.05) is 18.8 Å². The van der Waals surface area contributed by atoms with E-state index >= 15 is 0 Å². The van der Waals surface area contributed by atoms with Crippen LogP contribution in [0.3, 0.4) is 0 Å². The van der Waals surface area contributed by atoms with Crippen molar-refractivity contribution in [1.82, 2.24) is 5.32 Å². The van der Waals surface area contributed by atoms with E-state index in [0.717, 1.165) is 18.8 Å². The number of nitroso groups, excluding NO2 is 1. The Morgan fingerprint density at radius 2 is 2.62 bits per heavy atom. The zero-order valence-electron chi connectivity index (χ0n) is 4.46. The third-order valence-corrected chi connectivity index (χ3v) is 2.10. The van der Waals surface area contributed by atoms with Gasteiger partial charge in [0.05, 0.1) is 0 Å². The van der Waals surface area contributed by atoms with Gasteiger partial charge < -0.3 is 5.32 Å². The maximum absolute atomic E-state index is 9.85. The van der Waals surface area contributed by atoms with Crippen LogP contribution < -0.4 is 5.32 Å². The first-order valence-electron chi connectivity index (χ1n) is 2.58. The van der Waals surface area contributed by atoms with Gasteiger partial charge >= 0.3 is 0 Å². The zero-order valence-corrected chi connectivity index (χ0v) is 5.28. The Kier molecular flexibility index (Phi) is 2.29. The van der Waals surface area contributed by atoms with Crippen LogP contribution in [0.1, 0.15) is 0 Å². The van der Waals surface area contributed by atoms with Gasteiger partial charge in [-0.05, 0) is 0 Å². The van der Waals surface area contributed by atoms with Crippen LogP contribution in [0.25, 0.3) is 0 Å². The van der Waals surface area contributed by atoms with Crippen molar-refractivity contribution >= 4 is 11.8 Å². The molecule has 0 radical (unpaired) electrons. The fraction of sp³-hybridized carbons (Fsp3) is 1.00. The molecule has 0 spiro atoms. The third kappa shape index (κ3) is 1.45. The van der Waals surface area contributed by atoms with Crippen molar-refractivity contribution in [3.63, 3.8) is 0 Å². The molecule has 0 bridgehead atoms. The van der Waals surface area contributed by atoms with Gasteiger partial charge in [-0.1, -0.05) is 5.18 Å². The van der Waals surface area contributed by atoms with Crippen molar-refractivity contribution in [3.8, 4) is 0 Å². The zero-order chi connectivity index (χ0) is 5.82. The summed E-state index contributed by atoms with van der Waals surface area (Å²) < 4.78 is 0. The molecule has 0 aromatic heterocycles. The van der Waals surface area contributed by atoms with Gasteiger partial charge in [0.2, 0.25) is 0 Å². The van der Waals surface area contributed by atoms with E-state index in [9.17, 15) is 4.91 Å². The fourth-order valence-electron chi connectivity index (χ4n) is 0.619. The van der Waals surface area contributed by atoms with E-state index in [2.05, 4.69) is 10.5 Å². The van der Waals surface area contributed by atoms with Crippen LogP contribution in [-0.4, -0.2) is 24.2 Å². The molecule has 0 saturated carbocycles. The lowest BCUT2D eigenvalue weighted by molar-refractivity contribution is 0.681. The highest BCUT2D eigenvalue weighted by atomic mass is 32.2. The van der Waals surface area contributed by atoms with Gasteiger partial charge in [0, 0.05) is 18.8 Å². The largest absolute Gasteiger partial charge is 0.313 e. The maximum Gasteiger partial charge on any atom is 0.150 e. The van der Waals surface area contributed by atoms with Crippen molar-refractivity contribution in [2.24, 2.45) is 5.18 Å². The highest BCUT2D eigenvalue weighted by Crippen LogP contribution is 2.12. The third-order valence-electron chi connectivity index (χ3n) is 1.03. The van der Waals surface area contributed by atoms with Crippen LogP contribution in [0.2, 0.25) is 0 Å². The van der Waals surface area contributed by atoms with Crippen molar-refractivity contribution < 1.29 is 0 Å². The van der Waals surface area contributed by atoms with E-state index in [4.69, 9.17) is 0 Å². The van der Waals surface area contributed by atoms with Crippen molar-refractivity contribution in [2.45, 2.75) is 5.37 Å². The molecule has 1 fully saturated rings. The van der Waals surface area contributed by atoms with E-state index in [1.807, 2.05) is 0 Å². The van der Waals surface area contributed by atoms with E-state index in [1.165, 1.54) is 0 Å². The first-order valence-corrected chi connectivity index (χ1v) is 3.63.